The third kappa shape index (κ3) is 1.44. The molecule has 2 bridgehead atoms. The van der Waals surface area contributed by atoms with Gasteiger partial charge in [0.1, 0.15) is 5.92 Å². The molecule has 0 N–H and O–H groups in total. The Hall–Kier alpha value is -1.00. The van der Waals surface area contributed by atoms with Crippen molar-refractivity contribution >= 4 is 22.9 Å². The van der Waals surface area contributed by atoms with E-state index in [0.717, 1.165) is 29.7 Å². The average Bonchev–Trinajstić information content (AvgIpc) is 3.16. The number of Topliss-reactive ketones (excluding diaryl/α,β-unsaturated/α-hetero) is 2. The molecule has 0 aromatic carbocycles. The van der Waals surface area contributed by atoms with Crippen molar-refractivity contribution in [3.63, 3.8) is 0 Å². The maximum Gasteiger partial charge on any atom is 0.154 e. The summed E-state index contributed by atoms with van der Waals surface area (Å²) in [7, 11) is 0. The van der Waals surface area contributed by atoms with Gasteiger partial charge in [0.05, 0.1) is 24.0 Å². The van der Waals surface area contributed by atoms with Gasteiger partial charge in [0.25, 0.3) is 0 Å². The third-order valence-electron chi connectivity index (χ3n) is 5.27. The van der Waals surface area contributed by atoms with E-state index in [-0.39, 0.29) is 35.6 Å². The van der Waals surface area contributed by atoms with Crippen LogP contribution in [0.1, 0.15) is 41.7 Å². The number of aryl methyl sites for hydroxylation is 2. The zero-order valence-electron chi connectivity index (χ0n) is 11.7. The zero-order valence-corrected chi connectivity index (χ0v) is 12.5. The van der Waals surface area contributed by atoms with E-state index in [1.807, 2.05) is 6.92 Å². The molecule has 1 aromatic heterocycles. The second kappa shape index (κ2) is 4.25. The highest BCUT2D eigenvalue weighted by molar-refractivity contribution is 7.10. The van der Waals surface area contributed by atoms with Crippen molar-refractivity contribution in [2.75, 3.05) is 0 Å². The van der Waals surface area contributed by atoms with Crippen LogP contribution >= 0.6 is 11.3 Å². The Labute approximate surface area is 122 Å². The molecule has 4 rings (SSSR count). The van der Waals surface area contributed by atoms with E-state index in [2.05, 4.69) is 12.3 Å². The van der Waals surface area contributed by atoms with Crippen molar-refractivity contribution in [3.05, 3.63) is 21.4 Å². The van der Waals surface area contributed by atoms with E-state index < -0.39 is 5.92 Å². The minimum absolute atomic E-state index is 0.00969. The van der Waals surface area contributed by atoms with Crippen LogP contribution in [-0.4, -0.2) is 23.8 Å². The molecule has 0 amide bonds. The van der Waals surface area contributed by atoms with Crippen molar-refractivity contribution in [2.24, 2.45) is 11.8 Å². The standard InChI is InChI=1S/C16H18O3S/c1-3-8-6-20-7(2)11(8)14-15(17)12-9-4-5-10(19-9)13(12)16(14)18/h6,9-10,12-14H,3-5H2,1-2H3. The Kier molecular flexibility index (Phi) is 2.70. The first-order chi connectivity index (χ1) is 9.63. The SMILES string of the molecule is CCc1csc(C)c1C1C(=O)C2C3CCC(O3)C2C1=O. The zero-order chi connectivity index (χ0) is 14.0. The highest BCUT2D eigenvalue weighted by atomic mass is 32.1. The van der Waals surface area contributed by atoms with Crippen LogP contribution in [0.15, 0.2) is 5.38 Å². The topological polar surface area (TPSA) is 43.4 Å². The molecular formula is C16H18O3S. The van der Waals surface area contributed by atoms with E-state index in [1.165, 1.54) is 5.56 Å². The van der Waals surface area contributed by atoms with Crippen LogP contribution in [0.5, 0.6) is 0 Å². The van der Waals surface area contributed by atoms with E-state index >= 15 is 0 Å². The molecule has 106 valence electrons. The van der Waals surface area contributed by atoms with Gasteiger partial charge < -0.3 is 4.74 Å². The second-order valence-electron chi connectivity index (χ2n) is 6.16. The fourth-order valence-electron chi connectivity index (χ4n) is 4.39. The Balaban J connectivity index is 1.79. The van der Waals surface area contributed by atoms with Gasteiger partial charge in [-0.3, -0.25) is 9.59 Å². The summed E-state index contributed by atoms with van der Waals surface area (Å²) in [5, 5.41) is 2.10. The van der Waals surface area contributed by atoms with Gasteiger partial charge >= 0.3 is 0 Å². The smallest absolute Gasteiger partial charge is 0.154 e. The lowest BCUT2D eigenvalue weighted by molar-refractivity contribution is -0.127. The molecule has 1 saturated carbocycles. The minimum Gasteiger partial charge on any atom is -0.373 e. The highest BCUT2D eigenvalue weighted by Gasteiger charge is 2.63. The first kappa shape index (κ1) is 12.7. The van der Waals surface area contributed by atoms with Crippen LogP contribution in [0.4, 0.5) is 0 Å². The fourth-order valence-corrected chi connectivity index (χ4v) is 5.37. The normalized spacial score (nSPS) is 38.8. The number of carbonyl (C=O) groups is 2. The summed E-state index contributed by atoms with van der Waals surface area (Å²) in [6.07, 6.45) is 2.79. The number of thiophene rings is 1. The lowest BCUT2D eigenvalue weighted by Crippen LogP contribution is -2.29. The first-order valence-corrected chi connectivity index (χ1v) is 8.31. The van der Waals surface area contributed by atoms with Crippen LogP contribution < -0.4 is 0 Å². The van der Waals surface area contributed by atoms with Crippen LogP contribution in [0.2, 0.25) is 0 Å². The molecule has 3 aliphatic rings. The van der Waals surface area contributed by atoms with Crippen molar-refractivity contribution < 1.29 is 14.3 Å². The molecule has 1 aliphatic carbocycles. The molecule has 20 heavy (non-hydrogen) atoms. The molecule has 4 unspecified atom stereocenters. The van der Waals surface area contributed by atoms with Crippen LogP contribution in [0, 0.1) is 18.8 Å². The van der Waals surface area contributed by atoms with Gasteiger partial charge in [0, 0.05) is 4.88 Å². The maximum atomic E-state index is 12.8. The Morgan fingerprint density at radius 1 is 1.20 bits per heavy atom. The summed E-state index contributed by atoms with van der Waals surface area (Å²) in [5.74, 6) is -0.560. The van der Waals surface area contributed by atoms with Gasteiger partial charge in [-0.25, -0.2) is 0 Å². The van der Waals surface area contributed by atoms with Crippen molar-refractivity contribution in [3.8, 4) is 0 Å². The van der Waals surface area contributed by atoms with Gasteiger partial charge in [0.15, 0.2) is 11.6 Å². The molecule has 3 nitrogen and oxygen atoms in total. The van der Waals surface area contributed by atoms with Crippen LogP contribution in [-0.2, 0) is 20.7 Å². The molecule has 0 radical (unpaired) electrons. The number of rotatable bonds is 2. The predicted molar refractivity (Wildman–Crippen MR) is 76.1 cm³/mol. The molecule has 2 saturated heterocycles. The number of hydrogen-bond donors (Lipinski definition) is 0. The minimum atomic E-state index is -0.502. The van der Waals surface area contributed by atoms with Crippen molar-refractivity contribution in [2.45, 2.75) is 51.2 Å². The van der Waals surface area contributed by atoms with Gasteiger partial charge in [-0.05, 0) is 42.7 Å². The molecule has 3 heterocycles. The molecule has 0 spiro atoms. The van der Waals surface area contributed by atoms with Gasteiger partial charge in [-0.2, -0.15) is 0 Å². The first-order valence-electron chi connectivity index (χ1n) is 7.43. The summed E-state index contributed by atoms with van der Waals surface area (Å²) >= 11 is 1.66. The van der Waals surface area contributed by atoms with Gasteiger partial charge in [-0.15, -0.1) is 11.3 Å². The van der Waals surface area contributed by atoms with Gasteiger partial charge in [0.2, 0.25) is 0 Å². The molecule has 3 fully saturated rings. The summed E-state index contributed by atoms with van der Waals surface area (Å²) in [5.41, 5.74) is 2.19. The number of hydrogen-bond acceptors (Lipinski definition) is 4. The molecule has 4 atom stereocenters. The lowest BCUT2D eigenvalue weighted by Gasteiger charge is -2.16. The fraction of sp³-hybridized carbons (Fsp3) is 0.625. The van der Waals surface area contributed by atoms with Crippen molar-refractivity contribution in [1.82, 2.24) is 0 Å². The maximum absolute atomic E-state index is 12.8. The van der Waals surface area contributed by atoms with Gasteiger partial charge in [-0.1, -0.05) is 6.92 Å². The van der Waals surface area contributed by atoms with E-state index in [9.17, 15) is 9.59 Å². The van der Waals surface area contributed by atoms with E-state index in [4.69, 9.17) is 4.74 Å². The molecule has 4 heteroatoms. The molecule has 1 aromatic rings. The van der Waals surface area contributed by atoms with Crippen molar-refractivity contribution in [1.29, 1.82) is 0 Å². The summed E-state index contributed by atoms with van der Waals surface area (Å²) in [6.45, 7) is 4.11. The number of fused-ring (bicyclic) bond motifs is 5. The Morgan fingerprint density at radius 2 is 1.80 bits per heavy atom. The largest absolute Gasteiger partial charge is 0.373 e. The quantitative estimate of drug-likeness (QED) is 0.786. The molecule has 2 aliphatic heterocycles. The monoisotopic (exact) mass is 290 g/mol. The summed E-state index contributed by atoms with van der Waals surface area (Å²) < 4.78 is 5.79. The summed E-state index contributed by atoms with van der Waals surface area (Å²) in [6, 6.07) is 0. The lowest BCUT2D eigenvalue weighted by atomic mass is 9.81. The average molecular weight is 290 g/mol. The third-order valence-corrected chi connectivity index (χ3v) is 6.25. The second-order valence-corrected chi connectivity index (χ2v) is 7.25. The highest BCUT2D eigenvalue weighted by Crippen LogP contribution is 2.53. The molecular weight excluding hydrogens is 272 g/mol. The number of ether oxygens (including phenoxy) is 1. The van der Waals surface area contributed by atoms with E-state index in [1.54, 1.807) is 11.3 Å². The number of ketones is 2. The Bertz CT molecular complexity index is 575. The predicted octanol–water partition coefficient (Wildman–Crippen LogP) is 2.65. The summed E-state index contributed by atoms with van der Waals surface area (Å²) in [4.78, 5) is 26.7. The van der Waals surface area contributed by atoms with Crippen LogP contribution in [0.25, 0.3) is 0 Å². The number of carbonyl (C=O) groups excluding carboxylic acids is 2. The Morgan fingerprint density at radius 3 is 2.35 bits per heavy atom. The van der Waals surface area contributed by atoms with Crippen LogP contribution in [0.3, 0.4) is 0 Å². The van der Waals surface area contributed by atoms with E-state index in [0.29, 0.717) is 0 Å².